The van der Waals surface area contributed by atoms with Gasteiger partial charge in [-0.2, -0.15) is 0 Å². The van der Waals surface area contributed by atoms with Gasteiger partial charge in [0.05, 0.1) is 0 Å². The molecule has 1 saturated heterocycles. The maximum Gasteiger partial charge on any atom is 0.328 e. The maximum atomic E-state index is 10.5. The Bertz CT molecular complexity index is 468. The predicted octanol–water partition coefficient (Wildman–Crippen LogP) is 3.02. The molecule has 0 spiro atoms. The molecule has 0 amide bonds. The standard InChI is InChI=1S/C16H21NO2/c1-2-13-8-9-17(11-13)12-15-5-3-4-14(10-15)6-7-16(18)19/h3-7,10,13H,2,8-9,11-12H2,1H3,(H,18,19)/b7-6+. The minimum atomic E-state index is -0.907. The Balaban J connectivity index is 1.97. The van der Waals surface area contributed by atoms with Crippen molar-refractivity contribution >= 4 is 12.0 Å². The van der Waals surface area contributed by atoms with Gasteiger partial charge in [0, 0.05) is 19.2 Å². The van der Waals surface area contributed by atoms with Crippen molar-refractivity contribution in [3.05, 3.63) is 41.5 Å². The van der Waals surface area contributed by atoms with E-state index < -0.39 is 5.97 Å². The molecule has 1 atom stereocenters. The lowest BCUT2D eigenvalue weighted by Gasteiger charge is -2.16. The normalized spacial score (nSPS) is 20.2. The summed E-state index contributed by atoms with van der Waals surface area (Å²) in [7, 11) is 0. The molecule has 1 aliphatic heterocycles. The second kappa shape index (κ2) is 6.53. The van der Waals surface area contributed by atoms with Crippen LogP contribution in [0.4, 0.5) is 0 Å². The number of hydrogen-bond acceptors (Lipinski definition) is 2. The topological polar surface area (TPSA) is 40.5 Å². The van der Waals surface area contributed by atoms with Gasteiger partial charge in [0.1, 0.15) is 0 Å². The molecule has 1 aromatic carbocycles. The summed E-state index contributed by atoms with van der Waals surface area (Å²) in [5.41, 5.74) is 2.20. The molecule has 0 aromatic heterocycles. The van der Waals surface area contributed by atoms with Crippen LogP contribution in [-0.2, 0) is 11.3 Å². The van der Waals surface area contributed by atoms with E-state index in [1.165, 1.54) is 37.6 Å². The molecule has 0 aliphatic carbocycles. The van der Waals surface area contributed by atoms with Gasteiger partial charge >= 0.3 is 5.97 Å². The SMILES string of the molecule is CCC1CCN(Cc2cccc(/C=C/C(=O)O)c2)C1. The van der Waals surface area contributed by atoms with Crippen LogP contribution in [0.5, 0.6) is 0 Å². The zero-order valence-electron chi connectivity index (χ0n) is 11.4. The predicted molar refractivity (Wildman–Crippen MR) is 76.8 cm³/mol. The second-order valence-electron chi connectivity index (χ2n) is 5.21. The molecule has 102 valence electrons. The summed E-state index contributed by atoms with van der Waals surface area (Å²) in [6, 6.07) is 8.10. The Kier molecular flexibility index (Phi) is 4.74. The Morgan fingerprint density at radius 3 is 3.05 bits per heavy atom. The van der Waals surface area contributed by atoms with Crippen LogP contribution < -0.4 is 0 Å². The molecule has 0 bridgehead atoms. The van der Waals surface area contributed by atoms with E-state index in [2.05, 4.69) is 24.0 Å². The lowest BCUT2D eigenvalue weighted by molar-refractivity contribution is -0.131. The fraction of sp³-hybridized carbons (Fsp3) is 0.438. The van der Waals surface area contributed by atoms with Gasteiger partial charge in [0.25, 0.3) is 0 Å². The van der Waals surface area contributed by atoms with E-state index in [0.29, 0.717) is 0 Å². The van der Waals surface area contributed by atoms with Crippen LogP contribution in [0, 0.1) is 5.92 Å². The number of carbonyl (C=O) groups is 1. The maximum absolute atomic E-state index is 10.5. The summed E-state index contributed by atoms with van der Waals surface area (Å²) < 4.78 is 0. The van der Waals surface area contributed by atoms with E-state index in [1.807, 2.05) is 12.1 Å². The second-order valence-corrected chi connectivity index (χ2v) is 5.21. The summed E-state index contributed by atoms with van der Waals surface area (Å²) >= 11 is 0. The van der Waals surface area contributed by atoms with Gasteiger partial charge in [0.2, 0.25) is 0 Å². The minimum Gasteiger partial charge on any atom is -0.478 e. The van der Waals surface area contributed by atoms with Crippen molar-refractivity contribution in [3.63, 3.8) is 0 Å². The van der Waals surface area contributed by atoms with Crippen molar-refractivity contribution in [2.75, 3.05) is 13.1 Å². The van der Waals surface area contributed by atoms with Crippen LogP contribution in [0.25, 0.3) is 6.08 Å². The van der Waals surface area contributed by atoms with Crippen LogP contribution >= 0.6 is 0 Å². The van der Waals surface area contributed by atoms with Crippen molar-refractivity contribution < 1.29 is 9.90 Å². The average molecular weight is 259 g/mol. The highest BCUT2D eigenvalue weighted by Gasteiger charge is 2.20. The molecule has 3 heteroatoms. The Labute approximate surface area is 114 Å². The quantitative estimate of drug-likeness (QED) is 0.826. The van der Waals surface area contributed by atoms with Crippen LogP contribution in [0.2, 0.25) is 0 Å². The molecular weight excluding hydrogens is 238 g/mol. The number of aliphatic carboxylic acids is 1. The summed E-state index contributed by atoms with van der Waals surface area (Å²) in [6.45, 7) is 5.58. The largest absolute Gasteiger partial charge is 0.478 e. The molecule has 19 heavy (non-hydrogen) atoms. The average Bonchev–Trinajstić information content (AvgIpc) is 2.84. The zero-order valence-corrected chi connectivity index (χ0v) is 11.4. The number of benzene rings is 1. The zero-order chi connectivity index (χ0) is 13.7. The lowest BCUT2D eigenvalue weighted by Crippen LogP contribution is -2.19. The Hall–Kier alpha value is -1.61. The molecule has 0 saturated carbocycles. The van der Waals surface area contributed by atoms with Crippen LogP contribution in [0.15, 0.2) is 30.3 Å². The number of hydrogen-bond donors (Lipinski definition) is 1. The van der Waals surface area contributed by atoms with E-state index in [9.17, 15) is 4.79 Å². The first-order chi connectivity index (χ1) is 9.17. The molecule has 1 N–H and O–H groups in total. The van der Waals surface area contributed by atoms with Gasteiger partial charge in [-0.1, -0.05) is 37.6 Å². The minimum absolute atomic E-state index is 0.843. The summed E-state index contributed by atoms with van der Waals surface area (Å²) in [5, 5.41) is 8.64. The molecule has 1 unspecified atom stereocenters. The number of carboxylic acids is 1. The summed E-state index contributed by atoms with van der Waals surface area (Å²) in [5.74, 6) is -0.0641. The van der Waals surface area contributed by atoms with E-state index in [0.717, 1.165) is 18.0 Å². The van der Waals surface area contributed by atoms with E-state index in [-0.39, 0.29) is 0 Å². The van der Waals surface area contributed by atoms with Crippen molar-refractivity contribution in [2.24, 2.45) is 5.92 Å². The molecule has 1 fully saturated rings. The van der Waals surface area contributed by atoms with E-state index in [4.69, 9.17) is 5.11 Å². The number of carboxylic acid groups (broad SMARTS) is 1. The third kappa shape index (κ3) is 4.21. The highest BCUT2D eigenvalue weighted by atomic mass is 16.4. The monoisotopic (exact) mass is 259 g/mol. The first-order valence-corrected chi connectivity index (χ1v) is 6.89. The summed E-state index contributed by atoms with van der Waals surface area (Å²) in [4.78, 5) is 13.0. The lowest BCUT2D eigenvalue weighted by atomic mass is 10.1. The van der Waals surface area contributed by atoms with Crippen molar-refractivity contribution in [3.8, 4) is 0 Å². The van der Waals surface area contributed by atoms with Gasteiger partial charge in [-0.25, -0.2) is 4.79 Å². The van der Waals surface area contributed by atoms with Gasteiger partial charge in [-0.3, -0.25) is 4.90 Å². The smallest absolute Gasteiger partial charge is 0.328 e. The number of rotatable bonds is 5. The van der Waals surface area contributed by atoms with Gasteiger partial charge in [0.15, 0.2) is 0 Å². The molecule has 0 radical (unpaired) electrons. The highest BCUT2D eigenvalue weighted by Crippen LogP contribution is 2.21. The van der Waals surface area contributed by atoms with Crippen LogP contribution in [0.1, 0.15) is 30.9 Å². The van der Waals surface area contributed by atoms with Crippen molar-refractivity contribution in [1.29, 1.82) is 0 Å². The number of likely N-dealkylation sites (tertiary alicyclic amines) is 1. The van der Waals surface area contributed by atoms with Gasteiger partial charge in [-0.05, 0) is 36.1 Å². The Morgan fingerprint density at radius 1 is 1.53 bits per heavy atom. The molecule has 3 nitrogen and oxygen atoms in total. The van der Waals surface area contributed by atoms with Gasteiger partial charge < -0.3 is 5.11 Å². The third-order valence-electron chi connectivity index (χ3n) is 3.72. The fourth-order valence-electron chi connectivity index (χ4n) is 2.61. The fourth-order valence-corrected chi connectivity index (χ4v) is 2.61. The summed E-state index contributed by atoms with van der Waals surface area (Å²) in [6.07, 6.45) is 5.39. The van der Waals surface area contributed by atoms with Crippen LogP contribution in [0.3, 0.4) is 0 Å². The Morgan fingerprint density at radius 2 is 2.37 bits per heavy atom. The first-order valence-electron chi connectivity index (χ1n) is 6.89. The van der Waals surface area contributed by atoms with Gasteiger partial charge in [-0.15, -0.1) is 0 Å². The van der Waals surface area contributed by atoms with Crippen LogP contribution in [-0.4, -0.2) is 29.1 Å². The number of nitrogens with zero attached hydrogens (tertiary/aromatic N) is 1. The van der Waals surface area contributed by atoms with E-state index >= 15 is 0 Å². The van der Waals surface area contributed by atoms with Crippen molar-refractivity contribution in [1.82, 2.24) is 4.90 Å². The highest BCUT2D eigenvalue weighted by molar-refractivity contribution is 5.85. The molecule has 1 heterocycles. The molecule has 1 aromatic rings. The molecule has 2 rings (SSSR count). The van der Waals surface area contributed by atoms with Crippen molar-refractivity contribution in [2.45, 2.75) is 26.3 Å². The van der Waals surface area contributed by atoms with E-state index in [1.54, 1.807) is 6.08 Å². The third-order valence-corrected chi connectivity index (χ3v) is 3.72. The first kappa shape index (κ1) is 13.8. The molecular formula is C16H21NO2. The molecule has 1 aliphatic rings.